The molecule has 1 heterocycles. The van der Waals surface area contributed by atoms with Crippen LogP contribution in [-0.2, 0) is 0 Å². The Balaban J connectivity index is 3.09. The van der Waals surface area contributed by atoms with Crippen molar-refractivity contribution in [1.29, 1.82) is 0 Å². The molecule has 0 unspecified atom stereocenters. The number of nitrogens with zero attached hydrogens (tertiary/aromatic N) is 1. The lowest BCUT2D eigenvalue weighted by Gasteiger charge is -1.98. The van der Waals surface area contributed by atoms with Crippen molar-refractivity contribution in [1.82, 2.24) is 4.98 Å². The van der Waals surface area contributed by atoms with Crippen molar-refractivity contribution < 1.29 is 13.9 Å². The van der Waals surface area contributed by atoms with Gasteiger partial charge in [0, 0.05) is 0 Å². The Morgan fingerprint density at radius 2 is 2.36 bits per heavy atom. The Morgan fingerprint density at radius 1 is 1.64 bits per heavy atom. The van der Waals surface area contributed by atoms with Gasteiger partial charge in [0.25, 0.3) is 5.95 Å². The van der Waals surface area contributed by atoms with Crippen molar-refractivity contribution in [3.8, 4) is 5.75 Å². The molecule has 3 nitrogen and oxygen atoms in total. The summed E-state index contributed by atoms with van der Waals surface area (Å²) in [6, 6.07) is 2.74. The molecule has 0 aliphatic carbocycles. The lowest BCUT2D eigenvalue weighted by molar-refractivity contribution is 0.111. The maximum Gasteiger partial charge on any atom is 0.255 e. The van der Waals surface area contributed by atoms with E-state index >= 15 is 0 Å². The number of pyridine rings is 1. The number of carbonyl (C=O) groups is 1. The van der Waals surface area contributed by atoms with Crippen molar-refractivity contribution in [3.63, 3.8) is 0 Å². The second-order valence-corrected chi connectivity index (χ2v) is 1.85. The van der Waals surface area contributed by atoms with Gasteiger partial charge in [0.05, 0.1) is 7.11 Å². The average Bonchev–Trinajstić information content (AvgIpc) is 2.04. The van der Waals surface area contributed by atoms with Crippen molar-refractivity contribution in [2.75, 3.05) is 7.11 Å². The number of hydrogen-bond acceptors (Lipinski definition) is 3. The zero-order chi connectivity index (χ0) is 8.27. The molecule has 0 saturated carbocycles. The molecule has 0 aliphatic rings. The van der Waals surface area contributed by atoms with Crippen LogP contribution in [0.5, 0.6) is 5.75 Å². The fourth-order valence-corrected chi connectivity index (χ4v) is 0.653. The number of aldehydes is 1. The van der Waals surface area contributed by atoms with E-state index in [0.29, 0.717) is 6.29 Å². The third-order valence-electron chi connectivity index (χ3n) is 1.18. The van der Waals surface area contributed by atoms with Crippen LogP contribution in [0.3, 0.4) is 0 Å². The zero-order valence-electron chi connectivity index (χ0n) is 5.87. The van der Waals surface area contributed by atoms with E-state index in [1.165, 1.54) is 19.2 Å². The number of aromatic nitrogens is 1. The standard InChI is InChI=1S/C7H6FNO2/c1-11-6-3-2-5(4-10)9-7(6)8/h2-4H,1H3. The molecule has 11 heavy (non-hydrogen) atoms. The van der Waals surface area contributed by atoms with E-state index in [0.717, 1.165) is 0 Å². The lowest BCUT2D eigenvalue weighted by Crippen LogP contribution is -1.94. The summed E-state index contributed by atoms with van der Waals surface area (Å²) in [6.07, 6.45) is 0.475. The van der Waals surface area contributed by atoms with Crippen LogP contribution in [0.1, 0.15) is 10.5 Å². The summed E-state index contributed by atoms with van der Waals surface area (Å²) in [7, 11) is 1.33. The maximum absolute atomic E-state index is 12.6. The van der Waals surface area contributed by atoms with Gasteiger partial charge < -0.3 is 4.74 Å². The van der Waals surface area contributed by atoms with Crippen LogP contribution in [0.25, 0.3) is 0 Å². The molecule has 0 fully saturated rings. The van der Waals surface area contributed by atoms with Crippen molar-refractivity contribution >= 4 is 6.29 Å². The van der Waals surface area contributed by atoms with Crippen LogP contribution in [0.2, 0.25) is 0 Å². The SMILES string of the molecule is COc1ccc(C=O)nc1F. The van der Waals surface area contributed by atoms with Gasteiger partial charge in [-0.3, -0.25) is 4.79 Å². The number of ether oxygens (including phenoxy) is 1. The van der Waals surface area contributed by atoms with E-state index in [1.807, 2.05) is 0 Å². The van der Waals surface area contributed by atoms with Crippen LogP contribution in [0.4, 0.5) is 4.39 Å². The summed E-state index contributed by atoms with van der Waals surface area (Å²) in [5.41, 5.74) is 0.0586. The second-order valence-electron chi connectivity index (χ2n) is 1.85. The van der Waals surface area contributed by atoms with Crippen LogP contribution >= 0.6 is 0 Å². The van der Waals surface area contributed by atoms with Crippen LogP contribution < -0.4 is 4.74 Å². The Hall–Kier alpha value is -1.45. The normalized spacial score (nSPS) is 9.27. The first-order chi connectivity index (χ1) is 5.27. The first kappa shape index (κ1) is 7.65. The van der Waals surface area contributed by atoms with Gasteiger partial charge in [-0.1, -0.05) is 0 Å². The molecular weight excluding hydrogens is 149 g/mol. The first-order valence-corrected chi connectivity index (χ1v) is 2.93. The molecule has 0 saturated heterocycles. The van der Waals surface area contributed by atoms with Gasteiger partial charge in [0.2, 0.25) is 0 Å². The van der Waals surface area contributed by atoms with Gasteiger partial charge in [-0.05, 0) is 12.1 Å². The van der Waals surface area contributed by atoms with Gasteiger partial charge in [0.15, 0.2) is 12.0 Å². The number of hydrogen-bond donors (Lipinski definition) is 0. The summed E-state index contributed by atoms with van der Waals surface area (Å²) in [5, 5.41) is 0. The first-order valence-electron chi connectivity index (χ1n) is 2.93. The van der Waals surface area contributed by atoms with Crippen LogP contribution in [-0.4, -0.2) is 18.4 Å². The molecule has 0 aromatic carbocycles. The minimum absolute atomic E-state index is 0.0376. The largest absolute Gasteiger partial charge is 0.492 e. The zero-order valence-corrected chi connectivity index (χ0v) is 5.87. The van der Waals surface area contributed by atoms with Gasteiger partial charge >= 0.3 is 0 Å². The number of carbonyl (C=O) groups excluding carboxylic acids is 1. The van der Waals surface area contributed by atoms with E-state index in [9.17, 15) is 9.18 Å². The summed E-state index contributed by atoms with van der Waals surface area (Å²) < 4.78 is 17.2. The molecule has 4 heteroatoms. The van der Waals surface area contributed by atoms with E-state index in [2.05, 4.69) is 9.72 Å². The average molecular weight is 155 g/mol. The van der Waals surface area contributed by atoms with Crippen LogP contribution in [0.15, 0.2) is 12.1 Å². The highest BCUT2D eigenvalue weighted by atomic mass is 19.1. The topological polar surface area (TPSA) is 39.2 Å². The van der Waals surface area contributed by atoms with Gasteiger partial charge in [-0.2, -0.15) is 4.39 Å². The molecule has 0 spiro atoms. The van der Waals surface area contributed by atoms with Crippen molar-refractivity contribution in [2.45, 2.75) is 0 Å². The molecule has 0 amide bonds. The van der Waals surface area contributed by atoms with Gasteiger partial charge in [0.1, 0.15) is 5.69 Å². The smallest absolute Gasteiger partial charge is 0.255 e. The Labute approximate surface area is 62.8 Å². The highest BCUT2D eigenvalue weighted by Crippen LogP contribution is 2.12. The second kappa shape index (κ2) is 3.09. The third kappa shape index (κ3) is 1.52. The Morgan fingerprint density at radius 3 is 2.82 bits per heavy atom. The number of methoxy groups -OCH3 is 1. The lowest BCUT2D eigenvalue weighted by atomic mass is 10.3. The van der Waals surface area contributed by atoms with E-state index in [1.54, 1.807) is 0 Å². The minimum atomic E-state index is -0.767. The number of rotatable bonds is 2. The molecule has 58 valence electrons. The summed E-state index contributed by atoms with van der Waals surface area (Å²) in [4.78, 5) is 13.4. The molecule has 1 aromatic rings. The third-order valence-corrected chi connectivity index (χ3v) is 1.18. The van der Waals surface area contributed by atoms with Gasteiger partial charge in [-0.15, -0.1) is 0 Å². The molecule has 0 radical (unpaired) electrons. The highest BCUT2D eigenvalue weighted by molar-refractivity contribution is 5.71. The van der Waals surface area contributed by atoms with Crippen molar-refractivity contribution in [2.24, 2.45) is 0 Å². The summed E-state index contributed by atoms with van der Waals surface area (Å²) in [6.45, 7) is 0. The van der Waals surface area contributed by atoms with E-state index < -0.39 is 5.95 Å². The number of halogens is 1. The molecule has 1 rings (SSSR count). The van der Waals surface area contributed by atoms with Crippen molar-refractivity contribution in [3.05, 3.63) is 23.8 Å². The molecule has 1 aromatic heterocycles. The molecule has 0 N–H and O–H groups in total. The molecule has 0 atom stereocenters. The predicted molar refractivity (Wildman–Crippen MR) is 36.1 cm³/mol. The summed E-state index contributed by atoms with van der Waals surface area (Å²) >= 11 is 0. The molecule has 0 bridgehead atoms. The van der Waals surface area contributed by atoms with E-state index in [4.69, 9.17) is 0 Å². The Kier molecular flexibility index (Phi) is 2.15. The highest BCUT2D eigenvalue weighted by Gasteiger charge is 2.03. The monoisotopic (exact) mass is 155 g/mol. The fraction of sp³-hybridized carbons (Fsp3) is 0.143. The summed E-state index contributed by atoms with van der Waals surface area (Å²) in [5.74, 6) is -0.729. The van der Waals surface area contributed by atoms with E-state index in [-0.39, 0.29) is 11.4 Å². The maximum atomic E-state index is 12.6. The Bertz CT molecular complexity index is 275. The minimum Gasteiger partial charge on any atom is -0.492 e. The molecule has 0 aliphatic heterocycles. The van der Waals surface area contributed by atoms with Crippen LogP contribution in [0, 0.1) is 5.95 Å². The predicted octanol–water partition coefficient (Wildman–Crippen LogP) is 1.04. The quantitative estimate of drug-likeness (QED) is 0.473. The molecular formula is C7H6FNO2. The van der Waals surface area contributed by atoms with Gasteiger partial charge in [-0.25, -0.2) is 4.98 Å². The fourth-order valence-electron chi connectivity index (χ4n) is 0.653.